The number of hydrogen-bond donors (Lipinski definition) is 1. The molecule has 2 fully saturated rings. The highest BCUT2D eigenvalue weighted by molar-refractivity contribution is 7.92. The molecule has 1 heterocycles. The van der Waals surface area contributed by atoms with Crippen molar-refractivity contribution in [3.8, 4) is 0 Å². The summed E-state index contributed by atoms with van der Waals surface area (Å²) >= 11 is 0. The Bertz CT molecular complexity index is 750. The summed E-state index contributed by atoms with van der Waals surface area (Å²) in [7, 11) is -3.98. The molecule has 1 N–H and O–H groups in total. The lowest BCUT2D eigenvalue weighted by Gasteiger charge is -2.32. The van der Waals surface area contributed by atoms with Crippen LogP contribution in [0.15, 0.2) is 18.2 Å². The first-order chi connectivity index (χ1) is 11.9. The Hall–Kier alpha value is -1.67. The molecule has 1 saturated carbocycles. The normalized spacial score (nSPS) is 20.0. The van der Waals surface area contributed by atoms with Crippen molar-refractivity contribution in [2.75, 3.05) is 23.9 Å². The summed E-state index contributed by atoms with van der Waals surface area (Å²) in [6.07, 6.45) is 4.86. The molecule has 1 aromatic rings. The number of halogens is 1. The van der Waals surface area contributed by atoms with Crippen molar-refractivity contribution in [1.82, 2.24) is 9.62 Å². The van der Waals surface area contributed by atoms with E-state index >= 15 is 0 Å². The molecular formula is C17H24FN3O3S. The van der Waals surface area contributed by atoms with Gasteiger partial charge in [-0.3, -0.25) is 9.69 Å². The minimum Gasteiger partial charge on any atom is -0.299 e. The quantitative estimate of drug-likeness (QED) is 0.798. The van der Waals surface area contributed by atoms with Crippen LogP contribution in [0.5, 0.6) is 0 Å². The molecule has 1 amide bonds. The zero-order valence-electron chi connectivity index (χ0n) is 14.4. The summed E-state index contributed by atoms with van der Waals surface area (Å²) < 4.78 is 40.8. The Labute approximate surface area is 148 Å². The highest BCUT2D eigenvalue weighted by atomic mass is 32.2. The molecule has 0 spiro atoms. The molecule has 1 aromatic carbocycles. The van der Waals surface area contributed by atoms with Crippen molar-refractivity contribution in [3.05, 3.63) is 29.6 Å². The summed E-state index contributed by atoms with van der Waals surface area (Å²) in [6, 6.07) is 4.55. The Morgan fingerprint density at radius 2 is 2.12 bits per heavy atom. The fourth-order valence-electron chi connectivity index (χ4n) is 3.36. The Kier molecular flexibility index (Phi) is 5.29. The molecule has 3 rings (SSSR count). The molecule has 0 bridgehead atoms. The Morgan fingerprint density at radius 3 is 2.64 bits per heavy atom. The number of benzene rings is 1. The van der Waals surface area contributed by atoms with Crippen molar-refractivity contribution >= 4 is 21.8 Å². The second-order valence-corrected chi connectivity index (χ2v) is 8.45. The van der Waals surface area contributed by atoms with Gasteiger partial charge in [-0.05, 0) is 49.4 Å². The van der Waals surface area contributed by atoms with Crippen LogP contribution < -0.4 is 9.03 Å². The number of hydrogen-bond acceptors (Lipinski definition) is 4. The molecule has 8 heteroatoms. The second kappa shape index (κ2) is 7.29. The zero-order chi connectivity index (χ0) is 18.0. The van der Waals surface area contributed by atoms with Crippen LogP contribution in [0.1, 0.15) is 38.2 Å². The van der Waals surface area contributed by atoms with Crippen molar-refractivity contribution in [2.45, 2.75) is 39.2 Å². The van der Waals surface area contributed by atoms with Gasteiger partial charge in [0.1, 0.15) is 12.4 Å². The highest BCUT2D eigenvalue weighted by Crippen LogP contribution is 2.29. The predicted octanol–water partition coefficient (Wildman–Crippen LogP) is 2.02. The van der Waals surface area contributed by atoms with Gasteiger partial charge < -0.3 is 0 Å². The topological polar surface area (TPSA) is 69.7 Å². The fraction of sp³-hybridized carbons (Fsp3) is 0.588. The molecule has 2 aliphatic rings. The fourth-order valence-corrected chi connectivity index (χ4v) is 4.52. The predicted molar refractivity (Wildman–Crippen MR) is 93.7 cm³/mol. The van der Waals surface area contributed by atoms with E-state index in [0.29, 0.717) is 6.54 Å². The van der Waals surface area contributed by atoms with Gasteiger partial charge in [0.15, 0.2) is 0 Å². The van der Waals surface area contributed by atoms with E-state index in [1.165, 1.54) is 31.4 Å². The van der Waals surface area contributed by atoms with Gasteiger partial charge in [0.05, 0.1) is 5.69 Å². The summed E-state index contributed by atoms with van der Waals surface area (Å²) in [5, 5.41) is 0. The van der Waals surface area contributed by atoms with Crippen LogP contribution in [0.2, 0.25) is 0 Å². The summed E-state index contributed by atoms with van der Waals surface area (Å²) in [4.78, 5) is 13.6. The van der Waals surface area contributed by atoms with E-state index in [2.05, 4.69) is 11.8 Å². The number of rotatable bonds is 7. The van der Waals surface area contributed by atoms with Gasteiger partial charge in [-0.1, -0.05) is 19.4 Å². The van der Waals surface area contributed by atoms with E-state index in [1.807, 2.05) is 4.72 Å². The average Bonchev–Trinajstić information content (AvgIpc) is 2.76. The number of carbonyl (C=O) groups excluding carboxylic acids is 1. The third-order valence-corrected chi connectivity index (χ3v) is 6.18. The number of anilines is 1. The lowest BCUT2D eigenvalue weighted by molar-refractivity contribution is -0.117. The first kappa shape index (κ1) is 18.1. The molecule has 1 saturated heterocycles. The van der Waals surface area contributed by atoms with Crippen molar-refractivity contribution in [2.24, 2.45) is 5.92 Å². The SMILES string of the molecule is CCCN(Cc1ccc(N2CC(=O)NS2(=O)=O)c(F)c1)CC1CCC1. The van der Waals surface area contributed by atoms with E-state index < -0.39 is 21.9 Å². The Morgan fingerprint density at radius 1 is 1.36 bits per heavy atom. The van der Waals surface area contributed by atoms with Gasteiger partial charge in [-0.15, -0.1) is 0 Å². The standard InChI is InChI=1S/C17H24FN3O3S/c1-2-8-20(10-13-4-3-5-13)11-14-6-7-16(15(18)9-14)21-12-17(22)19-25(21,23)24/h6-7,9,13H,2-5,8,10-12H2,1H3,(H,19,22). The monoisotopic (exact) mass is 369 g/mol. The maximum atomic E-state index is 14.5. The average molecular weight is 369 g/mol. The van der Waals surface area contributed by atoms with Gasteiger partial charge >= 0.3 is 10.2 Å². The summed E-state index contributed by atoms with van der Waals surface area (Å²) in [5.74, 6) is -0.543. The van der Waals surface area contributed by atoms with Crippen LogP contribution in [0.25, 0.3) is 0 Å². The van der Waals surface area contributed by atoms with Crippen molar-refractivity contribution in [3.63, 3.8) is 0 Å². The minimum atomic E-state index is -3.98. The van der Waals surface area contributed by atoms with Crippen molar-refractivity contribution < 1.29 is 17.6 Å². The van der Waals surface area contributed by atoms with Crippen LogP contribution in [0.3, 0.4) is 0 Å². The summed E-state index contributed by atoms with van der Waals surface area (Å²) in [6.45, 7) is 4.36. The lowest BCUT2D eigenvalue weighted by Crippen LogP contribution is -2.33. The molecule has 1 aliphatic heterocycles. The zero-order valence-corrected chi connectivity index (χ0v) is 15.2. The molecule has 1 aliphatic carbocycles. The number of amides is 1. The van der Waals surface area contributed by atoms with Crippen LogP contribution >= 0.6 is 0 Å². The van der Waals surface area contributed by atoms with Gasteiger partial charge in [-0.2, -0.15) is 8.42 Å². The molecule has 0 aromatic heterocycles. The first-order valence-electron chi connectivity index (χ1n) is 8.73. The van der Waals surface area contributed by atoms with Crippen LogP contribution in [0.4, 0.5) is 10.1 Å². The summed E-state index contributed by atoms with van der Waals surface area (Å²) in [5.41, 5.74) is 0.716. The van der Waals surface area contributed by atoms with Gasteiger partial charge in [0.25, 0.3) is 5.91 Å². The molecule has 0 radical (unpaired) electrons. The molecule has 0 atom stereocenters. The maximum absolute atomic E-state index is 14.5. The van der Waals surface area contributed by atoms with Crippen molar-refractivity contribution in [1.29, 1.82) is 0 Å². The highest BCUT2D eigenvalue weighted by Gasteiger charge is 2.35. The molecule has 138 valence electrons. The second-order valence-electron chi connectivity index (χ2n) is 6.85. The van der Waals surface area contributed by atoms with Crippen LogP contribution in [-0.4, -0.2) is 38.9 Å². The van der Waals surface area contributed by atoms with Gasteiger partial charge in [0.2, 0.25) is 0 Å². The smallest absolute Gasteiger partial charge is 0.299 e. The van der Waals surface area contributed by atoms with E-state index in [1.54, 1.807) is 6.07 Å². The van der Waals surface area contributed by atoms with Gasteiger partial charge in [-0.25, -0.2) is 13.4 Å². The number of nitrogens with zero attached hydrogens (tertiary/aromatic N) is 2. The third-order valence-electron chi connectivity index (χ3n) is 4.79. The molecule has 0 unspecified atom stereocenters. The van der Waals surface area contributed by atoms with Gasteiger partial charge in [0, 0.05) is 13.1 Å². The molecule has 6 nitrogen and oxygen atoms in total. The van der Waals surface area contributed by atoms with E-state index in [4.69, 9.17) is 0 Å². The first-order valence-corrected chi connectivity index (χ1v) is 10.2. The number of carbonyl (C=O) groups is 1. The Balaban J connectivity index is 1.73. The van der Waals surface area contributed by atoms with Crippen LogP contribution in [-0.2, 0) is 21.5 Å². The van der Waals surface area contributed by atoms with Crippen LogP contribution in [0, 0.1) is 11.7 Å². The maximum Gasteiger partial charge on any atom is 0.326 e. The number of nitrogens with one attached hydrogen (secondary N) is 1. The lowest BCUT2D eigenvalue weighted by atomic mass is 9.85. The molecule has 25 heavy (non-hydrogen) atoms. The largest absolute Gasteiger partial charge is 0.326 e. The van der Waals surface area contributed by atoms with E-state index in [9.17, 15) is 17.6 Å². The third kappa shape index (κ3) is 4.12. The molecular weight excluding hydrogens is 345 g/mol. The van der Waals surface area contributed by atoms with E-state index in [0.717, 1.165) is 35.3 Å². The van der Waals surface area contributed by atoms with E-state index in [-0.39, 0.29) is 12.2 Å². The minimum absolute atomic E-state index is 0.0943.